The van der Waals surface area contributed by atoms with E-state index >= 15 is 0 Å². The van der Waals surface area contributed by atoms with Crippen molar-refractivity contribution in [2.45, 2.75) is 12.8 Å². The number of rotatable bonds is 6. The fraction of sp³-hybridized carbons (Fsp3) is 0.160. The molecule has 7 nitrogen and oxygen atoms in total. The number of primary amides is 1. The van der Waals surface area contributed by atoms with Gasteiger partial charge in [0.1, 0.15) is 11.3 Å². The maximum atomic E-state index is 13.3. The molecule has 0 fully saturated rings. The highest BCUT2D eigenvalue weighted by atomic mass is 16.5. The number of hydrogen-bond donors (Lipinski definition) is 1. The highest BCUT2D eigenvalue weighted by molar-refractivity contribution is 6.04. The second-order valence-electron chi connectivity index (χ2n) is 7.31. The Balaban J connectivity index is 1.55. The fourth-order valence-electron chi connectivity index (χ4n) is 3.73. The van der Waals surface area contributed by atoms with Gasteiger partial charge < -0.3 is 15.2 Å². The number of benzene rings is 3. The van der Waals surface area contributed by atoms with Gasteiger partial charge in [0.05, 0.1) is 11.4 Å². The van der Waals surface area contributed by atoms with Crippen LogP contribution in [0.15, 0.2) is 72.8 Å². The van der Waals surface area contributed by atoms with Crippen LogP contribution in [-0.2, 0) is 27.2 Å². The summed E-state index contributed by atoms with van der Waals surface area (Å²) >= 11 is 0. The van der Waals surface area contributed by atoms with Crippen LogP contribution < -0.4 is 15.4 Å². The first kappa shape index (κ1) is 21.1. The predicted octanol–water partition coefficient (Wildman–Crippen LogP) is 3.17. The van der Waals surface area contributed by atoms with E-state index in [0.29, 0.717) is 0 Å². The molecule has 0 spiro atoms. The standard InChI is InChI=1S/C25H22N2O5/c26-23(28)15-31-22-12-6-3-9-19(22)25(30)32-16-24(29)27-20-10-4-1-7-17(20)13-14-18-8-2-5-11-21(18)27/h1-12H,13-16H2,(H2,26,28). The molecule has 2 amide bonds. The fourth-order valence-corrected chi connectivity index (χ4v) is 3.73. The third-order valence-corrected chi connectivity index (χ3v) is 5.18. The molecule has 0 aliphatic carbocycles. The lowest BCUT2D eigenvalue weighted by atomic mass is 10.0. The summed E-state index contributed by atoms with van der Waals surface area (Å²) in [6.45, 7) is -0.823. The number of hydrogen-bond acceptors (Lipinski definition) is 5. The Hall–Kier alpha value is -4.13. The largest absolute Gasteiger partial charge is 0.483 e. The molecule has 7 heteroatoms. The van der Waals surface area contributed by atoms with Crippen LogP contribution in [0.4, 0.5) is 11.4 Å². The molecule has 3 aromatic carbocycles. The summed E-state index contributed by atoms with van der Waals surface area (Å²) in [4.78, 5) is 38.6. The van der Waals surface area contributed by atoms with Crippen LogP contribution >= 0.6 is 0 Å². The van der Waals surface area contributed by atoms with E-state index in [2.05, 4.69) is 0 Å². The average molecular weight is 430 g/mol. The summed E-state index contributed by atoms with van der Waals surface area (Å²) in [6, 6.07) is 21.8. The van der Waals surface area contributed by atoms with E-state index in [4.69, 9.17) is 15.2 Å². The number of fused-ring (bicyclic) bond motifs is 2. The first-order valence-electron chi connectivity index (χ1n) is 10.2. The number of aryl methyl sites for hydroxylation is 2. The first-order valence-corrected chi connectivity index (χ1v) is 10.2. The minimum absolute atomic E-state index is 0.109. The summed E-state index contributed by atoms with van der Waals surface area (Å²) in [7, 11) is 0. The maximum absolute atomic E-state index is 13.3. The molecule has 3 aromatic rings. The van der Waals surface area contributed by atoms with Crippen molar-refractivity contribution in [1.29, 1.82) is 0 Å². The molecule has 0 unspecified atom stereocenters. The molecule has 1 aliphatic heterocycles. The van der Waals surface area contributed by atoms with Crippen molar-refractivity contribution in [3.8, 4) is 5.75 Å². The SMILES string of the molecule is NC(=O)COc1ccccc1C(=O)OCC(=O)N1c2ccccc2CCc2ccccc21. The van der Waals surface area contributed by atoms with Gasteiger partial charge >= 0.3 is 5.97 Å². The highest BCUT2D eigenvalue weighted by Crippen LogP contribution is 2.36. The number of nitrogens with zero attached hydrogens (tertiary/aromatic N) is 1. The molecule has 1 heterocycles. The zero-order valence-corrected chi connectivity index (χ0v) is 17.3. The number of carbonyl (C=O) groups excluding carboxylic acids is 3. The van der Waals surface area contributed by atoms with E-state index in [1.54, 1.807) is 17.0 Å². The molecule has 162 valence electrons. The van der Waals surface area contributed by atoms with Gasteiger partial charge in [-0.05, 0) is 48.2 Å². The Bertz CT molecular complexity index is 1130. The number of para-hydroxylation sites is 3. The molecular weight excluding hydrogens is 408 g/mol. The number of nitrogens with two attached hydrogens (primary N) is 1. The summed E-state index contributed by atoms with van der Waals surface area (Å²) < 4.78 is 10.6. The second-order valence-corrected chi connectivity index (χ2v) is 7.31. The smallest absolute Gasteiger partial charge is 0.342 e. The van der Waals surface area contributed by atoms with Gasteiger partial charge in [-0.15, -0.1) is 0 Å². The van der Waals surface area contributed by atoms with E-state index in [9.17, 15) is 14.4 Å². The maximum Gasteiger partial charge on any atom is 0.342 e. The first-order chi connectivity index (χ1) is 15.5. The van der Waals surface area contributed by atoms with Gasteiger partial charge in [-0.25, -0.2) is 4.79 Å². The Kier molecular flexibility index (Phi) is 6.17. The zero-order valence-electron chi connectivity index (χ0n) is 17.3. The van der Waals surface area contributed by atoms with Crippen LogP contribution in [0.3, 0.4) is 0 Å². The molecular formula is C25H22N2O5. The van der Waals surface area contributed by atoms with E-state index in [1.165, 1.54) is 12.1 Å². The minimum atomic E-state index is -0.727. The average Bonchev–Trinajstić information content (AvgIpc) is 2.98. The van der Waals surface area contributed by atoms with Gasteiger partial charge in [0.15, 0.2) is 13.2 Å². The molecule has 0 saturated heterocycles. The monoisotopic (exact) mass is 430 g/mol. The Morgan fingerprint density at radius 1 is 0.781 bits per heavy atom. The van der Waals surface area contributed by atoms with Gasteiger partial charge in [0, 0.05) is 0 Å². The number of carbonyl (C=O) groups is 3. The number of ether oxygens (including phenoxy) is 2. The molecule has 32 heavy (non-hydrogen) atoms. The van der Waals surface area contributed by atoms with Crippen molar-refractivity contribution >= 4 is 29.2 Å². The third kappa shape index (κ3) is 4.46. The van der Waals surface area contributed by atoms with Crippen molar-refractivity contribution in [3.63, 3.8) is 0 Å². The van der Waals surface area contributed by atoms with Crippen molar-refractivity contribution in [2.24, 2.45) is 5.73 Å². The van der Waals surface area contributed by atoms with Crippen LogP contribution in [0, 0.1) is 0 Å². The zero-order chi connectivity index (χ0) is 22.5. The van der Waals surface area contributed by atoms with Gasteiger partial charge in [-0.3, -0.25) is 14.5 Å². The lowest BCUT2D eigenvalue weighted by Gasteiger charge is -2.24. The van der Waals surface area contributed by atoms with Gasteiger partial charge in [0.2, 0.25) is 0 Å². The van der Waals surface area contributed by atoms with Crippen LogP contribution in [0.2, 0.25) is 0 Å². The summed E-state index contributed by atoms with van der Waals surface area (Å²) in [5.74, 6) is -1.60. The Labute approximate surface area is 185 Å². The number of amides is 2. The van der Waals surface area contributed by atoms with Gasteiger partial charge in [-0.2, -0.15) is 0 Å². The summed E-state index contributed by atoms with van der Waals surface area (Å²) in [6.07, 6.45) is 1.61. The summed E-state index contributed by atoms with van der Waals surface area (Å²) in [5.41, 5.74) is 8.88. The van der Waals surface area contributed by atoms with Crippen LogP contribution in [-0.4, -0.2) is 31.0 Å². The Morgan fingerprint density at radius 3 is 1.97 bits per heavy atom. The van der Waals surface area contributed by atoms with Gasteiger partial charge in [0.25, 0.3) is 11.8 Å². The Morgan fingerprint density at radius 2 is 1.34 bits per heavy atom. The van der Waals surface area contributed by atoms with E-state index in [1.807, 2.05) is 48.5 Å². The van der Waals surface area contributed by atoms with E-state index in [-0.39, 0.29) is 23.8 Å². The van der Waals surface area contributed by atoms with E-state index < -0.39 is 18.5 Å². The van der Waals surface area contributed by atoms with Crippen molar-refractivity contribution in [3.05, 3.63) is 89.5 Å². The molecule has 1 aliphatic rings. The summed E-state index contributed by atoms with van der Waals surface area (Å²) in [5, 5.41) is 0. The normalized spacial score (nSPS) is 12.2. The lowest BCUT2D eigenvalue weighted by molar-refractivity contribution is -0.121. The molecule has 0 bridgehead atoms. The van der Waals surface area contributed by atoms with Crippen LogP contribution in [0.1, 0.15) is 21.5 Å². The molecule has 0 radical (unpaired) electrons. The van der Waals surface area contributed by atoms with Gasteiger partial charge in [-0.1, -0.05) is 48.5 Å². The van der Waals surface area contributed by atoms with Crippen LogP contribution in [0.25, 0.3) is 0 Å². The second kappa shape index (κ2) is 9.34. The predicted molar refractivity (Wildman–Crippen MR) is 119 cm³/mol. The third-order valence-electron chi connectivity index (χ3n) is 5.18. The quantitative estimate of drug-likeness (QED) is 0.606. The number of anilines is 2. The number of esters is 1. The topological polar surface area (TPSA) is 98.9 Å². The lowest BCUT2D eigenvalue weighted by Crippen LogP contribution is -2.31. The minimum Gasteiger partial charge on any atom is -0.483 e. The van der Waals surface area contributed by atoms with E-state index in [0.717, 1.165) is 35.3 Å². The molecule has 4 rings (SSSR count). The van der Waals surface area contributed by atoms with Crippen molar-refractivity contribution in [2.75, 3.05) is 18.1 Å². The van der Waals surface area contributed by atoms with Crippen LogP contribution in [0.5, 0.6) is 5.75 Å². The molecule has 0 saturated carbocycles. The molecule has 2 N–H and O–H groups in total. The van der Waals surface area contributed by atoms with Crippen molar-refractivity contribution in [1.82, 2.24) is 0 Å². The molecule has 0 atom stereocenters. The highest BCUT2D eigenvalue weighted by Gasteiger charge is 2.26. The van der Waals surface area contributed by atoms with Crippen molar-refractivity contribution < 1.29 is 23.9 Å². The molecule has 0 aromatic heterocycles.